The number of sulfonamides is 1. The lowest BCUT2D eigenvalue weighted by atomic mass is 10.1. The summed E-state index contributed by atoms with van der Waals surface area (Å²) >= 11 is 0. The minimum absolute atomic E-state index is 0.0514. The summed E-state index contributed by atoms with van der Waals surface area (Å²) in [5.74, 6) is 0. The fourth-order valence-electron chi connectivity index (χ4n) is 2.70. The Kier molecular flexibility index (Phi) is 3.93. The number of benzene rings is 1. The average molecular weight is 305 g/mol. The first-order valence-electron chi connectivity index (χ1n) is 7.15. The van der Waals surface area contributed by atoms with Crippen LogP contribution in [0.3, 0.4) is 0 Å². The maximum Gasteiger partial charge on any atom is 0.243 e. The second-order valence-corrected chi connectivity index (χ2v) is 7.19. The van der Waals surface area contributed by atoms with E-state index < -0.39 is 10.0 Å². The molecule has 0 bridgehead atoms. The van der Waals surface area contributed by atoms with Crippen molar-refractivity contribution in [1.29, 1.82) is 0 Å². The van der Waals surface area contributed by atoms with Gasteiger partial charge in [0.1, 0.15) is 4.90 Å². The number of fused-ring (bicyclic) bond motifs is 1. The normalized spacial score (nSPS) is 19.8. The Balaban J connectivity index is 1.98. The summed E-state index contributed by atoms with van der Waals surface area (Å²) < 4.78 is 28.0. The summed E-state index contributed by atoms with van der Waals surface area (Å²) in [5, 5.41) is 4.06. The molecule has 1 atom stereocenters. The van der Waals surface area contributed by atoms with Crippen molar-refractivity contribution in [3.05, 3.63) is 36.0 Å². The van der Waals surface area contributed by atoms with Gasteiger partial charge in [-0.3, -0.25) is 4.98 Å². The minimum atomic E-state index is -3.55. The third-order valence-corrected chi connectivity index (χ3v) is 5.27. The Morgan fingerprint density at radius 3 is 3.00 bits per heavy atom. The number of hydrogen-bond acceptors (Lipinski definition) is 4. The number of nitrogens with zero attached hydrogens (tertiary/aromatic N) is 1. The number of hydrogen-bond donors (Lipinski definition) is 2. The van der Waals surface area contributed by atoms with Crippen molar-refractivity contribution in [1.82, 2.24) is 15.0 Å². The highest BCUT2D eigenvalue weighted by Gasteiger charge is 2.23. The first-order chi connectivity index (χ1) is 10.1. The molecule has 112 valence electrons. The van der Waals surface area contributed by atoms with Crippen molar-refractivity contribution in [3.8, 4) is 0 Å². The summed E-state index contributed by atoms with van der Waals surface area (Å²) in [6.45, 7) is 3.57. The molecule has 2 aromatic rings. The molecule has 0 aliphatic carbocycles. The van der Waals surface area contributed by atoms with Crippen LogP contribution in [0.5, 0.6) is 0 Å². The van der Waals surface area contributed by atoms with Gasteiger partial charge in [0, 0.05) is 24.2 Å². The van der Waals surface area contributed by atoms with Crippen molar-refractivity contribution >= 4 is 20.9 Å². The van der Waals surface area contributed by atoms with E-state index in [0.29, 0.717) is 12.1 Å². The summed E-state index contributed by atoms with van der Waals surface area (Å²) in [6, 6.07) is 7.16. The monoisotopic (exact) mass is 305 g/mol. The molecule has 1 aliphatic heterocycles. The maximum absolute atomic E-state index is 12.6. The Labute approximate surface area is 124 Å². The van der Waals surface area contributed by atoms with Crippen LogP contribution in [0.1, 0.15) is 18.4 Å². The highest BCUT2D eigenvalue weighted by Crippen LogP contribution is 2.22. The van der Waals surface area contributed by atoms with E-state index in [2.05, 4.69) is 15.0 Å². The Bertz CT molecular complexity index is 753. The standard InChI is InChI=1S/C15H19N3O2S/c1-11-8-12-4-2-6-14(15(12)17-9-11)21(19,20)18-13-5-3-7-16-10-13/h2,4,6,8-9,13,16,18H,3,5,7,10H2,1H3. The van der Waals surface area contributed by atoms with E-state index in [4.69, 9.17) is 0 Å². The molecule has 6 heteroatoms. The van der Waals surface area contributed by atoms with Gasteiger partial charge in [-0.1, -0.05) is 12.1 Å². The number of para-hydroxylation sites is 1. The van der Waals surface area contributed by atoms with Crippen LogP contribution in [0.2, 0.25) is 0 Å². The molecule has 1 fully saturated rings. The lowest BCUT2D eigenvalue weighted by molar-refractivity contribution is 0.429. The number of rotatable bonds is 3. The largest absolute Gasteiger partial charge is 0.315 e. The SMILES string of the molecule is Cc1cnc2c(S(=O)(=O)NC3CCCNC3)cccc2c1. The van der Waals surface area contributed by atoms with Crippen molar-refractivity contribution in [2.24, 2.45) is 0 Å². The molecule has 0 saturated carbocycles. The van der Waals surface area contributed by atoms with Gasteiger partial charge < -0.3 is 5.32 Å². The first kappa shape index (κ1) is 14.4. The quantitative estimate of drug-likeness (QED) is 0.903. The van der Waals surface area contributed by atoms with E-state index in [1.807, 2.05) is 19.1 Å². The van der Waals surface area contributed by atoms with Crippen LogP contribution in [0.15, 0.2) is 35.4 Å². The highest BCUT2D eigenvalue weighted by molar-refractivity contribution is 7.89. The van der Waals surface area contributed by atoms with Gasteiger partial charge in [-0.05, 0) is 44.0 Å². The Morgan fingerprint density at radius 2 is 2.24 bits per heavy atom. The van der Waals surface area contributed by atoms with Crippen LogP contribution in [0, 0.1) is 6.92 Å². The summed E-state index contributed by atoms with van der Waals surface area (Å²) in [7, 11) is -3.55. The molecule has 2 N–H and O–H groups in total. The van der Waals surface area contributed by atoms with Gasteiger partial charge in [0.25, 0.3) is 0 Å². The van der Waals surface area contributed by atoms with Gasteiger partial charge in [-0.25, -0.2) is 13.1 Å². The molecule has 2 heterocycles. The molecule has 0 amide bonds. The smallest absolute Gasteiger partial charge is 0.243 e. The second kappa shape index (κ2) is 5.71. The van der Waals surface area contributed by atoms with Crippen LogP contribution >= 0.6 is 0 Å². The molecule has 1 aliphatic rings. The van der Waals surface area contributed by atoms with E-state index in [9.17, 15) is 8.42 Å². The number of nitrogens with one attached hydrogen (secondary N) is 2. The molecule has 3 rings (SSSR count). The predicted octanol–water partition coefficient (Wildman–Crippen LogP) is 1.57. The number of pyridine rings is 1. The van der Waals surface area contributed by atoms with Crippen LogP contribution in [0.25, 0.3) is 10.9 Å². The van der Waals surface area contributed by atoms with Crippen LogP contribution in [-0.4, -0.2) is 32.5 Å². The van der Waals surface area contributed by atoms with Gasteiger partial charge in [0.05, 0.1) is 5.52 Å². The fourth-order valence-corrected chi connectivity index (χ4v) is 4.14. The Hall–Kier alpha value is -1.50. The second-order valence-electron chi connectivity index (χ2n) is 5.51. The van der Waals surface area contributed by atoms with E-state index in [1.54, 1.807) is 18.3 Å². The first-order valence-corrected chi connectivity index (χ1v) is 8.63. The van der Waals surface area contributed by atoms with E-state index in [1.165, 1.54) is 0 Å². The zero-order valence-electron chi connectivity index (χ0n) is 12.0. The van der Waals surface area contributed by atoms with E-state index in [-0.39, 0.29) is 10.9 Å². The number of piperidine rings is 1. The molecular weight excluding hydrogens is 286 g/mol. The molecular formula is C15H19N3O2S. The van der Waals surface area contributed by atoms with Crippen molar-refractivity contribution < 1.29 is 8.42 Å². The van der Waals surface area contributed by atoms with Gasteiger partial charge >= 0.3 is 0 Å². The van der Waals surface area contributed by atoms with Crippen LogP contribution in [0.4, 0.5) is 0 Å². The number of aryl methyl sites for hydroxylation is 1. The summed E-state index contributed by atoms with van der Waals surface area (Å²) in [5.41, 5.74) is 1.54. The molecule has 1 unspecified atom stereocenters. The van der Waals surface area contributed by atoms with Crippen molar-refractivity contribution in [3.63, 3.8) is 0 Å². The van der Waals surface area contributed by atoms with Gasteiger partial charge in [-0.2, -0.15) is 0 Å². The highest BCUT2D eigenvalue weighted by atomic mass is 32.2. The van der Waals surface area contributed by atoms with Crippen LogP contribution < -0.4 is 10.0 Å². The van der Waals surface area contributed by atoms with E-state index in [0.717, 1.165) is 30.3 Å². The zero-order valence-corrected chi connectivity index (χ0v) is 12.8. The van der Waals surface area contributed by atoms with Gasteiger partial charge in [-0.15, -0.1) is 0 Å². The third-order valence-electron chi connectivity index (χ3n) is 3.72. The molecule has 21 heavy (non-hydrogen) atoms. The molecule has 1 aromatic heterocycles. The molecule has 0 spiro atoms. The third kappa shape index (κ3) is 3.07. The summed E-state index contributed by atoms with van der Waals surface area (Å²) in [6.07, 6.45) is 3.55. The van der Waals surface area contributed by atoms with Crippen molar-refractivity contribution in [2.45, 2.75) is 30.7 Å². The molecule has 1 saturated heterocycles. The molecule has 0 radical (unpaired) electrons. The lowest BCUT2D eigenvalue weighted by Gasteiger charge is -2.23. The molecule has 1 aromatic carbocycles. The topological polar surface area (TPSA) is 71.1 Å². The van der Waals surface area contributed by atoms with Gasteiger partial charge in [0.2, 0.25) is 10.0 Å². The number of aromatic nitrogens is 1. The lowest BCUT2D eigenvalue weighted by Crippen LogP contribution is -2.45. The van der Waals surface area contributed by atoms with Gasteiger partial charge in [0.15, 0.2) is 0 Å². The van der Waals surface area contributed by atoms with Crippen LogP contribution in [-0.2, 0) is 10.0 Å². The fraction of sp³-hybridized carbons (Fsp3) is 0.400. The average Bonchev–Trinajstić information content (AvgIpc) is 2.47. The summed E-state index contributed by atoms with van der Waals surface area (Å²) in [4.78, 5) is 4.56. The predicted molar refractivity (Wildman–Crippen MR) is 82.7 cm³/mol. The Morgan fingerprint density at radius 1 is 1.38 bits per heavy atom. The zero-order chi connectivity index (χ0) is 14.9. The van der Waals surface area contributed by atoms with Crippen molar-refractivity contribution in [2.75, 3.05) is 13.1 Å². The molecule has 5 nitrogen and oxygen atoms in total. The maximum atomic E-state index is 12.6. The minimum Gasteiger partial charge on any atom is -0.315 e. The van der Waals surface area contributed by atoms with E-state index >= 15 is 0 Å².